The predicted octanol–water partition coefficient (Wildman–Crippen LogP) is 3.61. The zero-order valence-electron chi connectivity index (χ0n) is 19.0. The number of hydrogen-bond acceptors (Lipinski definition) is 7. The molecule has 1 N–H and O–H groups in total. The van der Waals surface area contributed by atoms with Crippen LogP contribution in [0.3, 0.4) is 0 Å². The molecule has 2 aromatic rings. The van der Waals surface area contributed by atoms with Gasteiger partial charge in [0.15, 0.2) is 5.76 Å². The molecule has 2 saturated carbocycles. The maximum absolute atomic E-state index is 12.8. The van der Waals surface area contributed by atoms with E-state index in [-0.39, 0.29) is 24.0 Å². The van der Waals surface area contributed by atoms with Gasteiger partial charge in [-0.05, 0) is 51.9 Å². The molecule has 8 nitrogen and oxygen atoms in total. The van der Waals surface area contributed by atoms with Gasteiger partial charge in [0.1, 0.15) is 0 Å². The fourth-order valence-corrected chi connectivity index (χ4v) is 5.03. The number of hydrogen-bond donors (Lipinski definition) is 1. The van der Waals surface area contributed by atoms with Crippen LogP contribution in [0.4, 0.5) is 5.95 Å². The second-order valence-electron chi connectivity index (χ2n) is 9.57. The molecule has 32 heavy (non-hydrogen) atoms. The number of carbonyl (C=O) groups excluding carboxylic acids is 1. The summed E-state index contributed by atoms with van der Waals surface area (Å²) in [5.74, 6) is 2.30. The summed E-state index contributed by atoms with van der Waals surface area (Å²) in [6.45, 7) is 3.62. The lowest BCUT2D eigenvalue weighted by Gasteiger charge is -2.34. The summed E-state index contributed by atoms with van der Waals surface area (Å²) in [5, 5.41) is 7.31. The lowest BCUT2D eigenvalue weighted by molar-refractivity contribution is -0.128. The van der Waals surface area contributed by atoms with Crippen LogP contribution in [0.5, 0.6) is 0 Å². The average molecular weight is 440 g/mol. The van der Waals surface area contributed by atoms with Crippen molar-refractivity contribution in [1.29, 1.82) is 0 Å². The number of nitrogens with zero attached hydrogens (tertiary/aromatic N) is 4. The third kappa shape index (κ3) is 4.65. The highest BCUT2D eigenvalue weighted by molar-refractivity contribution is 5.79. The molecule has 0 aromatic carbocycles. The van der Waals surface area contributed by atoms with Crippen molar-refractivity contribution in [2.45, 2.75) is 76.4 Å². The molecule has 1 saturated heterocycles. The first kappa shape index (κ1) is 21.4. The molecule has 3 fully saturated rings. The molecule has 8 heteroatoms. The minimum Gasteiger partial charge on any atom is -0.381 e. The summed E-state index contributed by atoms with van der Waals surface area (Å²) < 4.78 is 11.0. The van der Waals surface area contributed by atoms with Crippen LogP contribution in [0.15, 0.2) is 16.8 Å². The van der Waals surface area contributed by atoms with Crippen molar-refractivity contribution >= 4 is 11.9 Å². The van der Waals surface area contributed by atoms with Crippen molar-refractivity contribution in [3.05, 3.63) is 23.7 Å². The van der Waals surface area contributed by atoms with Gasteiger partial charge in [-0.3, -0.25) is 4.79 Å². The molecule has 172 valence electrons. The van der Waals surface area contributed by atoms with Crippen molar-refractivity contribution < 1.29 is 14.1 Å². The number of amides is 1. The standard InChI is InChI=1S/C24H33N5O3/c1-15-12-21(32-28-15)20-14-25-24(27-22(20)16-6-7-16)29-10-8-18(9-11-29)26-23(30)17-4-3-5-19(13-17)31-2/h12,14,16-19H,3-11,13H2,1-2H3,(H,26,30)/t17-,19-/m1/s1. The highest BCUT2D eigenvalue weighted by Crippen LogP contribution is 2.43. The lowest BCUT2D eigenvalue weighted by atomic mass is 9.86. The second kappa shape index (κ2) is 9.17. The summed E-state index contributed by atoms with van der Waals surface area (Å²) in [5.41, 5.74) is 2.90. The van der Waals surface area contributed by atoms with E-state index in [0.717, 1.165) is 93.1 Å². The molecule has 2 aromatic heterocycles. The van der Waals surface area contributed by atoms with Crippen molar-refractivity contribution in [2.24, 2.45) is 5.92 Å². The van der Waals surface area contributed by atoms with E-state index in [1.54, 1.807) is 7.11 Å². The van der Waals surface area contributed by atoms with Crippen LogP contribution in [0.25, 0.3) is 11.3 Å². The van der Waals surface area contributed by atoms with Crippen LogP contribution in [0.2, 0.25) is 0 Å². The number of piperidine rings is 1. The Morgan fingerprint density at radius 1 is 1.19 bits per heavy atom. The van der Waals surface area contributed by atoms with Gasteiger partial charge in [-0.25, -0.2) is 9.97 Å². The van der Waals surface area contributed by atoms with Crippen LogP contribution in [0, 0.1) is 12.8 Å². The molecule has 0 spiro atoms. The van der Waals surface area contributed by atoms with Crippen molar-refractivity contribution in [1.82, 2.24) is 20.4 Å². The minimum atomic E-state index is 0.0865. The van der Waals surface area contributed by atoms with E-state index in [9.17, 15) is 4.79 Å². The fourth-order valence-electron chi connectivity index (χ4n) is 5.03. The smallest absolute Gasteiger partial charge is 0.225 e. The van der Waals surface area contributed by atoms with Crippen LogP contribution in [-0.2, 0) is 9.53 Å². The quantitative estimate of drug-likeness (QED) is 0.735. The van der Waals surface area contributed by atoms with Crippen LogP contribution < -0.4 is 10.2 Å². The van der Waals surface area contributed by atoms with E-state index in [1.807, 2.05) is 19.2 Å². The van der Waals surface area contributed by atoms with E-state index in [0.29, 0.717) is 5.92 Å². The van der Waals surface area contributed by atoms with E-state index >= 15 is 0 Å². The monoisotopic (exact) mass is 439 g/mol. The first-order valence-electron chi connectivity index (χ1n) is 12.0. The Labute approximate surface area is 189 Å². The van der Waals surface area contributed by atoms with Gasteiger partial charge in [-0.2, -0.15) is 0 Å². The molecule has 1 aliphatic heterocycles. The third-order valence-electron chi connectivity index (χ3n) is 7.12. The van der Waals surface area contributed by atoms with Crippen molar-refractivity contribution in [3.8, 4) is 11.3 Å². The van der Waals surface area contributed by atoms with Crippen LogP contribution >= 0.6 is 0 Å². The third-order valence-corrected chi connectivity index (χ3v) is 7.12. The van der Waals surface area contributed by atoms with Crippen molar-refractivity contribution in [2.75, 3.05) is 25.1 Å². The highest BCUT2D eigenvalue weighted by atomic mass is 16.5. The summed E-state index contributed by atoms with van der Waals surface area (Å²) in [4.78, 5) is 24.6. The molecular formula is C24H33N5O3. The summed E-state index contributed by atoms with van der Waals surface area (Å²) in [6.07, 6.45) is 10.2. The maximum atomic E-state index is 12.8. The van der Waals surface area contributed by atoms with E-state index in [1.165, 1.54) is 0 Å². The number of methoxy groups -OCH3 is 1. The van der Waals surface area contributed by atoms with Gasteiger partial charge in [0, 0.05) is 50.3 Å². The van der Waals surface area contributed by atoms with E-state index in [4.69, 9.17) is 14.2 Å². The lowest BCUT2D eigenvalue weighted by Crippen LogP contribution is -2.47. The van der Waals surface area contributed by atoms with E-state index in [2.05, 4.69) is 20.4 Å². The zero-order chi connectivity index (χ0) is 22.1. The largest absolute Gasteiger partial charge is 0.381 e. The molecule has 1 amide bonds. The molecular weight excluding hydrogens is 406 g/mol. The van der Waals surface area contributed by atoms with Gasteiger partial charge in [0.25, 0.3) is 0 Å². The molecule has 3 aliphatic rings. The number of carbonyl (C=O) groups is 1. The van der Waals surface area contributed by atoms with Crippen molar-refractivity contribution in [3.63, 3.8) is 0 Å². The van der Waals surface area contributed by atoms with Crippen LogP contribution in [0.1, 0.15) is 68.7 Å². The Morgan fingerprint density at radius 2 is 2.00 bits per heavy atom. The summed E-state index contributed by atoms with van der Waals surface area (Å²) in [6, 6.07) is 2.17. The number of ether oxygens (including phenoxy) is 1. The SMILES string of the molecule is CO[C@@H]1CCC[C@@H](C(=O)NC2CCN(c3ncc(-c4cc(C)no4)c(C4CC4)n3)CC2)C1. The predicted molar refractivity (Wildman–Crippen MR) is 120 cm³/mol. The minimum absolute atomic E-state index is 0.0865. The van der Waals surface area contributed by atoms with Gasteiger partial charge < -0.3 is 19.5 Å². The maximum Gasteiger partial charge on any atom is 0.225 e. The number of anilines is 1. The Kier molecular flexibility index (Phi) is 6.13. The molecule has 3 heterocycles. The Morgan fingerprint density at radius 3 is 2.69 bits per heavy atom. The fraction of sp³-hybridized carbons (Fsp3) is 0.667. The topological polar surface area (TPSA) is 93.4 Å². The van der Waals surface area contributed by atoms with Gasteiger partial charge in [-0.15, -0.1) is 0 Å². The first-order chi connectivity index (χ1) is 15.6. The highest BCUT2D eigenvalue weighted by Gasteiger charge is 2.32. The zero-order valence-corrected chi connectivity index (χ0v) is 19.0. The summed E-state index contributed by atoms with van der Waals surface area (Å²) >= 11 is 0. The first-order valence-corrected chi connectivity index (χ1v) is 12.0. The molecule has 0 radical (unpaired) electrons. The molecule has 0 unspecified atom stereocenters. The van der Waals surface area contributed by atoms with Gasteiger partial charge in [0.2, 0.25) is 11.9 Å². The van der Waals surface area contributed by atoms with Gasteiger partial charge >= 0.3 is 0 Å². The molecule has 2 aliphatic carbocycles. The normalized spacial score (nSPS) is 24.5. The Balaban J connectivity index is 1.20. The van der Waals surface area contributed by atoms with Gasteiger partial charge in [-0.1, -0.05) is 11.6 Å². The Hall–Kier alpha value is -2.48. The Bertz CT molecular complexity index is 949. The van der Waals surface area contributed by atoms with Gasteiger partial charge in [0.05, 0.1) is 23.1 Å². The molecule has 2 atom stereocenters. The average Bonchev–Trinajstić information content (AvgIpc) is 3.59. The molecule has 5 rings (SSSR count). The number of rotatable bonds is 6. The number of aromatic nitrogens is 3. The molecule has 0 bridgehead atoms. The summed E-state index contributed by atoms with van der Waals surface area (Å²) in [7, 11) is 1.75. The van der Waals surface area contributed by atoms with Crippen LogP contribution in [-0.4, -0.2) is 53.4 Å². The van der Waals surface area contributed by atoms with E-state index < -0.39 is 0 Å². The second-order valence-corrected chi connectivity index (χ2v) is 9.57. The number of nitrogens with one attached hydrogen (secondary N) is 1. The number of aryl methyl sites for hydroxylation is 1.